The standard InChI is InChI=1S/C6H17N2O/c1-8(2,3)5-4-6-9-7/h4-7H2,1-3H3/q+1/i1+1,2+1,3+1,5+1,6+1. The van der Waals surface area contributed by atoms with Crippen LogP contribution in [0.4, 0.5) is 0 Å². The highest BCUT2D eigenvalue weighted by atomic mass is 16.7. The molecule has 0 radical (unpaired) electrons. The van der Waals surface area contributed by atoms with Crippen LogP contribution in [0.15, 0.2) is 0 Å². The minimum absolute atomic E-state index is 0.662. The molecule has 0 unspecified atom stereocenters. The molecule has 0 aliphatic heterocycles. The Morgan fingerprint density at radius 3 is 2.22 bits per heavy atom. The topological polar surface area (TPSA) is 35.2 Å². The van der Waals surface area contributed by atoms with Crippen molar-refractivity contribution in [3.05, 3.63) is 0 Å². The number of rotatable bonds is 4. The molecule has 9 heavy (non-hydrogen) atoms. The van der Waals surface area contributed by atoms with Crippen molar-refractivity contribution >= 4 is 0 Å². The van der Waals surface area contributed by atoms with Gasteiger partial charge < -0.3 is 9.32 Å². The molecule has 0 aliphatic carbocycles. The van der Waals surface area contributed by atoms with Crippen molar-refractivity contribution in [2.24, 2.45) is 5.90 Å². The Balaban J connectivity index is 3.07. The Morgan fingerprint density at radius 1 is 1.33 bits per heavy atom. The van der Waals surface area contributed by atoms with Crippen LogP contribution < -0.4 is 5.90 Å². The quantitative estimate of drug-likeness (QED) is 0.256. The molecule has 0 aromatic rings. The third kappa shape index (κ3) is 7.88. The molecule has 0 bridgehead atoms. The van der Waals surface area contributed by atoms with E-state index in [0.717, 1.165) is 17.4 Å². The highest BCUT2D eigenvalue weighted by Crippen LogP contribution is 1.91. The van der Waals surface area contributed by atoms with Crippen molar-refractivity contribution in [3.63, 3.8) is 0 Å². The lowest BCUT2D eigenvalue weighted by atomic mass is 10.9. The van der Waals surface area contributed by atoms with E-state index in [1.165, 1.54) is 0 Å². The Morgan fingerprint density at radius 2 is 1.89 bits per heavy atom. The first kappa shape index (κ1) is 8.88. The van der Waals surface area contributed by atoms with Crippen LogP contribution in [0.2, 0.25) is 0 Å². The van der Waals surface area contributed by atoms with E-state index in [9.17, 15) is 0 Å². The van der Waals surface area contributed by atoms with E-state index in [-0.39, 0.29) is 0 Å². The molecule has 0 rings (SSSR count). The molecule has 3 nitrogen and oxygen atoms in total. The van der Waals surface area contributed by atoms with Crippen LogP contribution >= 0.6 is 0 Å². The van der Waals surface area contributed by atoms with Crippen LogP contribution in [0.3, 0.4) is 0 Å². The Kier molecular flexibility index (Phi) is 3.77. The largest absolute Gasteiger partial charge is 0.331 e. The van der Waals surface area contributed by atoms with Gasteiger partial charge >= 0.3 is 0 Å². The normalized spacial score (nSPS) is 12.0. The highest BCUT2D eigenvalue weighted by Gasteiger charge is 2.04. The average molecular weight is 138 g/mol. The summed E-state index contributed by atoms with van der Waals surface area (Å²) < 4.78 is 0.976. The number of quaternary nitrogens is 1. The zero-order valence-corrected chi connectivity index (χ0v) is 6.55. The van der Waals surface area contributed by atoms with Gasteiger partial charge in [-0.3, -0.25) is 0 Å². The summed E-state index contributed by atoms with van der Waals surface area (Å²) in [5, 5.41) is 0. The molecule has 2 N–H and O–H groups in total. The molecule has 56 valence electrons. The molecule has 0 heterocycles. The molecule has 0 amide bonds. The third-order valence-corrected chi connectivity index (χ3v) is 1.09. The van der Waals surface area contributed by atoms with Gasteiger partial charge in [-0.1, -0.05) is 0 Å². The van der Waals surface area contributed by atoms with Gasteiger partial charge in [0.05, 0.1) is 34.3 Å². The van der Waals surface area contributed by atoms with E-state index in [0.29, 0.717) is 6.61 Å². The molecule has 0 fully saturated rings. The first-order valence-electron chi connectivity index (χ1n) is 3.18. The number of nitrogens with zero attached hydrogens (tertiary/aromatic N) is 1. The van der Waals surface area contributed by atoms with E-state index in [4.69, 9.17) is 5.90 Å². The molecule has 0 aromatic heterocycles. The fourth-order valence-electron chi connectivity index (χ4n) is 0.622. The summed E-state index contributed by atoms with van der Waals surface area (Å²) >= 11 is 0. The van der Waals surface area contributed by atoms with Gasteiger partial charge in [-0.15, -0.1) is 0 Å². The molecule has 0 spiro atoms. The summed E-state index contributed by atoms with van der Waals surface area (Å²) in [7, 11) is 6.45. The van der Waals surface area contributed by atoms with Gasteiger partial charge in [-0.25, -0.2) is 5.90 Å². The average Bonchev–Trinajstić information content (AvgIpc) is 1.63. The summed E-state index contributed by atoms with van der Waals surface area (Å²) in [4.78, 5) is 4.43. The minimum Gasteiger partial charge on any atom is -0.331 e. The van der Waals surface area contributed by atoms with E-state index in [2.05, 4.69) is 26.0 Å². The maximum absolute atomic E-state index is 4.85. The van der Waals surface area contributed by atoms with Crippen molar-refractivity contribution in [1.29, 1.82) is 0 Å². The van der Waals surface area contributed by atoms with Crippen LogP contribution in [-0.4, -0.2) is 38.8 Å². The molecular formula is C6H17N2O+. The molecule has 3 heteroatoms. The van der Waals surface area contributed by atoms with Gasteiger partial charge in [0, 0.05) is 6.42 Å². The van der Waals surface area contributed by atoms with Crippen LogP contribution in [0.1, 0.15) is 6.42 Å². The molecule has 0 aliphatic rings. The second kappa shape index (κ2) is 3.82. The van der Waals surface area contributed by atoms with Gasteiger partial charge in [0.15, 0.2) is 0 Å². The second-order valence-corrected chi connectivity index (χ2v) is 3.24. The van der Waals surface area contributed by atoms with Crippen LogP contribution in [0, 0.1) is 0 Å². The predicted molar refractivity (Wildman–Crippen MR) is 37.7 cm³/mol. The van der Waals surface area contributed by atoms with E-state index in [1.807, 2.05) is 0 Å². The SMILES string of the molecule is [13CH3][N+]([13CH3])([13CH3])[13CH2]C[13CH2]ON. The third-order valence-electron chi connectivity index (χ3n) is 1.09. The molecule has 0 saturated carbocycles. The Hall–Kier alpha value is -0.120. The molecule has 0 saturated heterocycles. The first-order chi connectivity index (χ1) is 4.06. The van der Waals surface area contributed by atoms with Crippen molar-refractivity contribution in [2.45, 2.75) is 6.42 Å². The van der Waals surface area contributed by atoms with Gasteiger partial charge in [0.1, 0.15) is 0 Å². The van der Waals surface area contributed by atoms with Crippen molar-refractivity contribution < 1.29 is 9.32 Å². The first-order valence-corrected chi connectivity index (χ1v) is 3.18. The summed E-state index contributed by atoms with van der Waals surface area (Å²) in [6, 6.07) is 0. The zero-order valence-electron chi connectivity index (χ0n) is 6.55. The van der Waals surface area contributed by atoms with Crippen molar-refractivity contribution in [3.8, 4) is 0 Å². The summed E-state index contributed by atoms with van der Waals surface area (Å²) in [5.74, 6) is 4.85. The lowest BCUT2D eigenvalue weighted by Gasteiger charge is -2.23. The van der Waals surface area contributed by atoms with E-state index in [1.54, 1.807) is 0 Å². The number of nitrogens with two attached hydrogens (primary N) is 1. The summed E-state index contributed by atoms with van der Waals surface area (Å²) in [6.07, 6.45) is 1.03. The number of hydrogen-bond donors (Lipinski definition) is 1. The maximum atomic E-state index is 4.85. The fourth-order valence-corrected chi connectivity index (χ4v) is 0.622. The number of hydrogen-bond acceptors (Lipinski definition) is 2. The lowest BCUT2D eigenvalue weighted by molar-refractivity contribution is -0.870. The second-order valence-electron chi connectivity index (χ2n) is 3.24. The molecule has 0 atom stereocenters. The molecule has 0 aromatic carbocycles. The van der Waals surface area contributed by atoms with Crippen LogP contribution in [-0.2, 0) is 4.84 Å². The Bertz CT molecular complexity index is 67.9. The summed E-state index contributed by atoms with van der Waals surface area (Å²) in [5.41, 5.74) is 0. The van der Waals surface area contributed by atoms with Crippen LogP contribution in [0.25, 0.3) is 0 Å². The van der Waals surface area contributed by atoms with Crippen molar-refractivity contribution in [1.82, 2.24) is 0 Å². The fraction of sp³-hybridized carbons (Fsp3) is 1.00. The zero-order chi connectivity index (χ0) is 7.33. The smallest absolute Gasteiger partial charge is 0.0803 e. The monoisotopic (exact) mass is 138 g/mol. The Labute approximate surface area is 56.9 Å². The summed E-state index contributed by atoms with van der Waals surface area (Å²) in [6.45, 7) is 1.77. The van der Waals surface area contributed by atoms with E-state index >= 15 is 0 Å². The minimum atomic E-state index is 0.662. The predicted octanol–water partition coefficient (Wildman–Crippen LogP) is -0.0270. The van der Waals surface area contributed by atoms with Gasteiger partial charge in [0.25, 0.3) is 0 Å². The van der Waals surface area contributed by atoms with E-state index < -0.39 is 0 Å². The molecular weight excluding hydrogens is 121 g/mol. The van der Waals surface area contributed by atoms with Gasteiger partial charge in [-0.2, -0.15) is 0 Å². The highest BCUT2D eigenvalue weighted by molar-refractivity contribution is 4.30. The van der Waals surface area contributed by atoms with Gasteiger partial charge in [0.2, 0.25) is 0 Å². The maximum Gasteiger partial charge on any atom is 0.0803 e. The lowest BCUT2D eigenvalue weighted by Crippen LogP contribution is -2.35. The van der Waals surface area contributed by atoms with Crippen LogP contribution in [0.5, 0.6) is 0 Å². The van der Waals surface area contributed by atoms with Crippen molar-refractivity contribution in [2.75, 3.05) is 34.3 Å². The van der Waals surface area contributed by atoms with Gasteiger partial charge in [-0.05, 0) is 0 Å².